The van der Waals surface area contributed by atoms with E-state index in [0.717, 1.165) is 27.2 Å². The zero-order valence-corrected chi connectivity index (χ0v) is 16.3. The van der Waals surface area contributed by atoms with E-state index in [0.29, 0.717) is 11.1 Å². The normalized spacial score (nSPS) is 11.5. The van der Waals surface area contributed by atoms with Crippen LogP contribution in [0, 0.1) is 13.8 Å². The minimum Gasteiger partial charge on any atom is -0.462 e. The summed E-state index contributed by atoms with van der Waals surface area (Å²) in [7, 11) is -3.97. The molecule has 0 saturated heterocycles. The van der Waals surface area contributed by atoms with Crippen LogP contribution in [0.4, 0.5) is 5.69 Å². The van der Waals surface area contributed by atoms with Gasteiger partial charge in [0.1, 0.15) is 9.77 Å². The number of fused-ring (bicyclic) bond motifs is 1. The molecule has 0 fully saturated rings. The van der Waals surface area contributed by atoms with Crippen LogP contribution in [0.25, 0.3) is 10.1 Å². The Bertz CT molecular complexity index is 1080. The second-order valence-electron chi connectivity index (χ2n) is 5.90. The van der Waals surface area contributed by atoms with Crippen molar-refractivity contribution < 1.29 is 17.9 Å². The maximum atomic E-state index is 13.2. The monoisotopic (exact) mass is 389 g/mol. The first kappa shape index (κ1) is 18.4. The summed E-state index contributed by atoms with van der Waals surface area (Å²) in [5.41, 5.74) is 2.24. The van der Waals surface area contributed by atoms with Crippen LogP contribution in [0.15, 0.2) is 47.4 Å². The van der Waals surface area contributed by atoms with E-state index in [1.54, 1.807) is 31.2 Å². The molecule has 0 atom stereocenters. The highest BCUT2D eigenvalue weighted by atomic mass is 32.2. The average Bonchev–Trinajstić information content (AvgIpc) is 2.99. The molecule has 3 aromatic rings. The van der Waals surface area contributed by atoms with Gasteiger partial charge in [-0.2, -0.15) is 0 Å². The fourth-order valence-corrected chi connectivity index (χ4v) is 5.58. The summed E-state index contributed by atoms with van der Waals surface area (Å²) in [5.74, 6) is -0.630. The van der Waals surface area contributed by atoms with E-state index in [1.165, 1.54) is 0 Å². The standard InChI is InChI=1S/C19H19NO4S2/c1-4-24-19(21)17-18(14-7-5-6-8-16(14)25-17)26(22,23)20-15-11-12(2)9-10-13(15)3/h5-11,20H,4H2,1-3H3. The number of esters is 1. The molecular weight excluding hydrogens is 370 g/mol. The van der Waals surface area contributed by atoms with Gasteiger partial charge in [-0.3, -0.25) is 4.72 Å². The lowest BCUT2D eigenvalue weighted by molar-refractivity contribution is 0.0528. The molecule has 7 heteroatoms. The zero-order valence-electron chi connectivity index (χ0n) is 14.7. The number of rotatable bonds is 5. The molecule has 2 aromatic carbocycles. The maximum absolute atomic E-state index is 13.2. The molecule has 0 aliphatic heterocycles. The highest BCUT2D eigenvalue weighted by Crippen LogP contribution is 2.36. The predicted octanol–water partition coefficient (Wildman–Crippen LogP) is 4.50. The lowest BCUT2D eigenvalue weighted by Crippen LogP contribution is -2.17. The van der Waals surface area contributed by atoms with Crippen LogP contribution in [0.2, 0.25) is 0 Å². The molecule has 5 nitrogen and oxygen atoms in total. The summed E-state index contributed by atoms with van der Waals surface area (Å²) in [6, 6.07) is 12.6. The molecule has 0 radical (unpaired) electrons. The van der Waals surface area contributed by atoms with Crippen molar-refractivity contribution in [1.82, 2.24) is 0 Å². The number of benzene rings is 2. The van der Waals surface area contributed by atoms with Crippen molar-refractivity contribution in [3.05, 3.63) is 58.5 Å². The number of nitrogens with one attached hydrogen (secondary N) is 1. The number of ether oxygens (including phenoxy) is 1. The number of carbonyl (C=O) groups is 1. The highest BCUT2D eigenvalue weighted by molar-refractivity contribution is 7.93. The van der Waals surface area contributed by atoms with Gasteiger partial charge in [0.25, 0.3) is 10.0 Å². The third-order valence-corrected chi connectivity index (χ3v) is 6.65. The summed E-state index contributed by atoms with van der Waals surface area (Å²) >= 11 is 1.12. The number of carbonyl (C=O) groups excluding carboxylic acids is 1. The Balaban J connectivity index is 2.17. The van der Waals surface area contributed by atoms with Crippen molar-refractivity contribution in [2.24, 2.45) is 0 Å². The Morgan fingerprint density at radius 2 is 1.88 bits per heavy atom. The Hall–Kier alpha value is -2.38. The molecule has 0 aliphatic carbocycles. The summed E-state index contributed by atoms with van der Waals surface area (Å²) in [6.45, 7) is 5.58. The lowest BCUT2D eigenvalue weighted by atomic mass is 10.1. The van der Waals surface area contributed by atoms with Crippen LogP contribution >= 0.6 is 11.3 Å². The molecule has 26 heavy (non-hydrogen) atoms. The number of hydrogen-bond acceptors (Lipinski definition) is 5. The molecule has 136 valence electrons. The third-order valence-electron chi connectivity index (χ3n) is 3.92. The van der Waals surface area contributed by atoms with Crippen molar-refractivity contribution in [3.63, 3.8) is 0 Å². The zero-order chi connectivity index (χ0) is 18.9. The van der Waals surface area contributed by atoms with Gasteiger partial charge in [-0.05, 0) is 44.0 Å². The highest BCUT2D eigenvalue weighted by Gasteiger charge is 2.29. The Labute approximate surface area is 156 Å². The van der Waals surface area contributed by atoms with Crippen LogP contribution in [0.5, 0.6) is 0 Å². The lowest BCUT2D eigenvalue weighted by Gasteiger charge is -2.12. The summed E-state index contributed by atoms with van der Waals surface area (Å²) in [4.78, 5) is 12.4. The first-order valence-electron chi connectivity index (χ1n) is 8.12. The van der Waals surface area contributed by atoms with E-state index in [4.69, 9.17) is 4.74 Å². The van der Waals surface area contributed by atoms with Gasteiger partial charge >= 0.3 is 5.97 Å². The van der Waals surface area contributed by atoms with Gasteiger partial charge in [0.05, 0.1) is 12.3 Å². The second kappa shape index (κ2) is 7.09. The summed E-state index contributed by atoms with van der Waals surface area (Å²) in [5, 5.41) is 0.512. The average molecular weight is 389 g/mol. The van der Waals surface area contributed by atoms with E-state index in [2.05, 4.69) is 4.72 Å². The second-order valence-corrected chi connectivity index (χ2v) is 8.57. The van der Waals surface area contributed by atoms with Gasteiger partial charge in [0.15, 0.2) is 0 Å². The van der Waals surface area contributed by atoms with Crippen molar-refractivity contribution in [2.45, 2.75) is 25.7 Å². The van der Waals surface area contributed by atoms with Crippen LogP contribution in [0.1, 0.15) is 27.7 Å². The molecule has 1 heterocycles. The fraction of sp³-hybridized carbons (Fsp3) is 0.211. The Kier molecular flexibility index (Phi) is 5.02. The van der Waals surface area contributed by atoms with Crippen molar-refractivity contribution in [2.75, 3.05) is 11.3 Å². The van der Waals surface area contributed by atoms with Gasteiger partial charge in [-0.15, -0.1) is 11.3 Å². The topological polar surface area (TPSA) is 72.5 Å². The van der Waals surface area contributed by atoms with E-state index >= 15 is 0 Å². The van der Waals surface area contributed by atoms with Crippen LogP contribution < -0.4 is 4.72 Å². The Morgan fingerprint density at radius 3 is 2.62 bits per heavy atom. The number of anilines is 1. The molecule has 1 N–H and O–H groups in total. The number of aryl methyl sites for hydroxylation is 2. The van der Waals surface area contributed by atoms with E-state index in [1.807, 2.05) is 32.0 Å². The first-order valence-corrected chi connectivity index (χ1v) is 10.4. The number of hydrogen-bond donors (Lipinski definition) is 1. The first-order chi connectivity index (χ1) is 12.3. The SMILES string of the molecule is CCOC(=O)c1sc2ccccc2c1S(=O)(=O)Nc1cc(C)ccc1C. The molecule has 0 bridgehead atoms. The molecule has 0 unspecified atom stereocenters. The minimum absolute atomic E-state index is 0.0301. The Morgan fingerprint density at radius 1 is 1.15 bits per heavy atom. The predicted molar refractivity (Wildman–Crippen MR) is 105 cm³/mol. The number of sulfonamides is 1. The molecule has 0 amide bonds. The van der Waals surface area contributed by atoms with Crippen molar-refractivity contribution in [1.29, 1.82) is 0 Å². The van der Waals surface area contributed by atoms with E-state index in [-0.39, 0.29) is 16.4 Å². The smallest absolute Gasteiger partial charge is 0.349 e. The van der Waals surface area contributed by atoms with E-state index < -0.39 is 16.0 Å². The van der Waals surface area contributed by atoms with Gasteiger partial charge in [-0.25, -0.2) is 13.2 Å². The van der Waals surface area contributed by atoms with Gasteiger partial charge < -0.3 is 4.74 Å². The van der Waals surface area contributed by atoms with Crippen molar-refractivity contribution in [3.8, 4) is 0 Å². The number of thiophene rings is 1. The fourth-order valence-electron chi connectivity index (χ4n) is 2.66. The quantitative estimate of drug-likeness (QED) is 0.652. The van der Waals surface area contributed by atoms with Gasteiger partial charge in [0, 0.05) is 10.1 Å². The largest absolute Gasteiger partial charge is 0.462 e. The summed E-state index contributed by atoms with van der Waals surface area (Å²) in [6.07, 6.45) is 0. The van der Waals surface area contributed by atoms with Crippen LogP contribution in [-0.2, 0) is 14.8 Å². The van der Waals surface area contributed by atoms with Crippen molar-refractivity contribution >= 4 is 43.1 Å². The molecule has 0 aliphatic rings. The summed E-state index contributed by atoms with van der Waals surface area (Å²) < 4.78 is 34.7. The van der Waals surface area contributed by atoms with Gasteiger partial charge in [0.2, 0.25) is 0 Å². The van der Waals surface area contributed by atoms with E-state index in [9.17, 15) is 13.2 Å². The third kappa shape index (κ3) is 3.45. The molecule has 0 saturated carbocycles. The molecule has 1 aromatic heterocycles. The molecule has 3 rings (SSSR count). The van der Waals surface area contributed by atoms with Crippen LogP contribution in [0.3, 0.4) is 0 Å². The maximum Gasteiger partial charge on any atom is 0.349 e. The van der Waals surface area contributed by atoms with Gasteiger partial charge in [-0.1, -0.05) is 30.3 Å². The molecular formula is C19H19NO4S2. The molecule has 0 spiro atoms. The minimum atomic E-state index is -3.97. The van der Waals surface area contributed by atoms with Crippen LogP contribution in [-0.4, -0.2) is 21.0 Å².